The van der Waals surface area contributed by atoms with Gasteiger partial charge in [-0.25, -0.2) is 4.39 Å². The summed E-state index contributed by atoms with van der Waals surface area (Å²) in [6.07, 6.45) is 3.71. The first kappa shape index (κ1) is 22.2. The van der Waals surface area contributed by atoms with E-state index in [1.54, 1.807) is 24.1 Å². The number of ether oxygens (including phenoxy) is 1. The summed E-state index contributed by atoms with van der Waals surface area (Å²) in [5.41, 5.74) is 1.68. The molecule has 1 aliphatic heterocycles. The number of rotatable bonds is 7. The number of carbonyl (C=O) groups is 1. The SMILES string of the molecule is COc1ccc(CCN(Cc2ccccc2F)C(=O)[C@@H]2CCCCN2)cc1.Cl. The normalized spacial score (nSPS) is 16.1. The van der Waals surface area contributed by atoms with Crippen molar-refractivity contribution in [2.45, 2.75) is 38.3 Å². The van der Waals surface area contributed by atoms with Gasteiger partial charge in [-0.15, -0.1) is 12.4 Å². The minimum Gasteiger partial charge on any atom is -0.497 e. The number of halogens is 2. The van der Waals surface area contributed by atoms with Crippen LogP contribution in [0.25, 0.3) is 0 Å². The van der Waals surface area contributed by atoms with Gasteiger partial charge < -0.3 is 15.0 Å². The number of benzene rings is 2. The Morgan fingerprint density at radius 1 is 1.18 bits per heavy atom. The first-order valence-corrected chi connectivity index (χ1v) is 9.56. The minimum absolute atomic E-state index is 0. The molecule has 2 aromatic rings. The Balaban J connectivity index is 0.00000280. The predicted octanol–water partition coefficient (Wildman–Crippen LogP) is 3.97. The van der Waals surface area contributed by atoms with Gasteiger partial charge in [0, 0.05) is 18.7 Å². The van der Waals surface area contributed by atoms with Gasteiger partial charge in [-0.2, -0.15) is 0 Å². The zero-order valence-electron chi connectivity index (χ0n) is 16.2. The third kappa shape index (κ3) is 5.94. The van der Waals surface area contributed by atoms with Crippen molar-refractivity contribution in [3.05, 3.63) is 65.5 Å². The van der Waals surface area contributed by atoms with Crippen molar-refractivity contribution in [2.24, 2.45) is 0 Å². The average molecular weight is 407 g/mol. The summed E-state index contributed by atoms with van der Waals surface area (Å²) < 4.78 is 19.3. The van der Waals surface area contributed by atoms with Crippen molar-refractivity contribution in [3.63, 3.8) is 0 Å². The maximum absolute atomic E-state index is 14.1. The summed E-state index contributed by atoms with van der Waals surface area (Å²) in [6.45, 7) is 1.71. The Hall–Kier alpha value is -2.11. The smallest absolute Gasteiger partial charge is 0.240 e. The molecule has 1 saturated heterocycles. The van der Waals surface area contributed by atoms with E-state index in [9.17, 15) is 9.18 Å². The van der Waals surface area contributed by atoms with Crippen LogP contribution in [0.2, 0.25) is 0 Å². The number of piperidine rings is 1. The molecule has 0 unspecified atom stereocenters. The Kier molecular flexibility index (Phi) is 8.74. The lowest BCUT2D eigenvalue weighted by atomic mass is 10.0. The van der Waals surface area contributed by atoms with Gasteiger partial charge in [-0.1, -0.05) is 36.8 Å². The fraction of sp³-hybridized carbons (Fsp3) is 0.409. The van der Waals surface area contributed by atoms with Gasteiger partial charge in [0.25, 0.3) is 0 Å². The van der Waals surface area contributed by atoms with Crippen LogP contribution in [0.1, 0.15) is 30.4 Å². The first-order chi connectivity index (χ1) is 13.2. The second kappa shape index (κ2) is 11.0. The highest BCUT2D eigenvalue weighted by molar-refractivity contribution is 5.85. The molecule has 0 bridgehead atoms. The molecule has 6 heteroatoms. The number of methoxy groups -OCH3 is 1. The second-order valence-electron chi connectivity index (χ2n) is 6.95. The summed E-state index contributed by atoms with van der Waals surface area (Å²) in [7, 11) is 1.64. The second-order valence-corrected chi connectivity index (χ2v) is 6.95. The number of amides is 1. The molecule has 4 nitrogen and oxygen atoms in total. The summed E-state index contributed by atoms with van der Waals surface area (Å²) in [5, 5.41) is 3.31. The number of carbonyl (C=O) groups excluding carboxylic acids is 1. The molecule has 152 valence electrons. The molecule has 28 heavy (non-hydrogen) atoms. The number of hydrogen-bond donors (Lipinski definition) is 1. The van der Waals surface area contributed by atoms with Gasteiger partial charge in [-0.05, 0) is 49.6 Å². The quantitative estimate of drug-likeness (QED) is 0.756. The van der Waals surface area contributed by atoms with Crippen LogP contribution in [-0.4, -0.2) is 37.0 Å². The van der Waals surface area contributed by atoms with Crippen LogP contribution in [-0.2, 0) is 17.8 Å². The van der Waals surface area contributed by atoms with Crippen molar-refractivity contribution >= 4 is 18.3 Å². The molecule has 3 rings (SSSR count). The van der Waals surface area contributed by atoms with Gasteiger partial charge in [-0.3, -0.25) is 4.79 Å². The minimum atomic E-state index is -0.267. The molecule has 0 aliphatic carbocycles. The van der Waals surface area contributed by atoms with Crippen molar-refractivity contribution in [3.8, 4) is 5.75 Å². The third-order valence-electron chi connectivity index (χ3n) is 5.07. The van der Waals surface area contributed by atoms with Crippen LogP contribution >= 0.6 is 12.4 Å². The summed E-state index contributed by atoms with van der Waals surface area (Å²) in [6, 6.07) is 14.3. The fourth-order valence-electron chi connectivity index (χ4n) is 3.44. The third-order valence-corrected chi connectivity index (χ3v) is 5.07. The van der Waals surface area contributed by atoms with E-state index in [4.69, 9.17) is 4.74 Å². The maximum atomic E-state index is 14.1. The molecule has 0 aromatic heterocycles. The Labute approximate surface area is 172 Å². The highest BCUT2D eigenvalue weighted by Gasteiger charge is 2.26. The molecule has 0 saturated carbocycles. The zero-order chi connectivity index (χ0) is 19.1. The van der Waals surface area contributed by atoms with Crippen LogP contribution in [0.15, 0.2) is 48.5 Å². The van der Waals surface area contributed by atoms with Crippen LogP contribution < -0.4 is 10.1 Å². The zero-order valence-corrected chi connectivity index (χ0v) is 17.0. The van der Waals surface area contributed by atoms with Gasteiger partial charge in [0.2, 0.25) is 5.91 Å². The number of nitrogens with one attached hydrogen (secondary N) is 1. The molecule has 0 radical (unpaired) electrons. The lowest BCUT2D eigenvalue weighted by Gasteiger charge is -2.30. The van der Waals surface area contributed by atoms with Crippen LogP contribution in [0, 0.1) is 5.82 Å². The molecule has 1 heterocycles. The lowest BCUT2D eigenvalue weighted by molar-refractivity contribution is -0.134. The monoisotopic (exact) mass is 406 g/mol. The first-order valence-electron chi connectivity index (χ1n) is 9.56. The molecular weight excluding hydrogens is 379 g/mol. The molecule has 0 spiro atoms. The topological polar surface area (TPSA) is 41.6 Å². The standard InChI is InChI=1S/C22H27FN2O2.ClH/c1-27-19-11-9-17(10-12-19)13-15-25(16-18-6-2-3-7-20(18)23)22(26)21-8-4-5-14-24-21;/h2-3,6-7,9-12,21,24H,4-5,8,13-16H2,1H3;1H/t21-;/m0./s1. The van der Waals surface area contributed by atoms with E-state index in [1.165, 1.54) is 6.07 Å². The van der Waals surface area contributed by atoms with Crippen molar-refractivity contribution in [1.29, 1.82) is 0 Å². The Bertz CT molecular complexity index is 748. The largest absolute Gasteiger partial charge is 0.497 e. The molecule has 1 N–H and O–H groups in total. The summed E-state index contributed by atoms with van der Waals surface area (Å²) in [5.74, 6) is 0.604. The maximum Gasteiger partial charge on any atom is 0.240 e. The highest BCUT2D eigenvalue weighted by atomic mass is 35.5. The molecule has 1 amide bonds. The molecule has 1 atom stereocenters. The summed E-state index contributed by atoms with van der Waals surface area (Å²) >= 11 is 0. The van der Waals surface area contributed by atoms with E-state index in [0.717, 1.165) is 43.5 Å². The fourth-order valence-corrected chi connectivity index (χ4v) is 3.44. The van der Waals surface area contributed by atoms with Crippen LogP contribution in [0.3, 0.4) is 0 Å². The van der Waals surface area contributed by atoms with Crippen molar-refractivity contribution in [1.82, 2.24) is 10.2 Å². The van der Waals surface area contributed by atoms with Gasteiger partial charge >= 0.3 is 0 Å². The number of hydrogen-bond acceptors (Lipinski definition) is 3. The summed E-state index contributed by atoms with van der Waals surface area (Å²) in [4.78, 5) is 14.8. The lowest BCUT2D eigenvalue weighted by Crippen LogP contribution is -2.48. The molecular formula is C22H28ClFN2O2. The Morgan fingerprint density at radius 3 is 2.57 bits per heavy atom. The van der Waals surface area contributed by atoms with E-state index in [2.05, 4.69) is 5.32 Å². The van der Waals surface area contributed by atoms with Crippen LogP contribution in [0.4, 0.5) is 4.39 Å². The van der Waals surface area contributed by atoms with Crippen molar-refractivity contribution < 1.29 is 13.9 Å². The molecule has 2 aromatic carbocycles. The molecule has 1 aliphatic rings. The van der Waals surface area contributed by atoms with E-state index < -0.39 is 0 Å². The Morgan fingerprint density at radius 2 is 1.93 bits per heavy atom. The number of nitrogens with zero attached hydrogens (tertiary/aromatic N) is 1. The van der Waals surface area contributed by atoms with Gasteiger partial charge in [0.1, 0.15) is 11.6 Å². The van der Waals surface area contributed by atoms with E-state index in [1.807, 2.05) is 30.3 Å². The van der Waals surface area contributed by atoms with E-state index >= 15 is 0 Å². The van der Waals surface area contributed by atoms with Gasteiger partial charge in [0.15, 0.2) is 0 Å². The van der Waals surface area contributed by atoms with Gasteiger partial charge in [0.05, 0.1) is 13.2 Å². The highest BCUT2D eigenvalue weighted by Crippen LogP contribution is 2.17. The molecule has 1 fully saturated rings. The van der Waals surface area contributed by atoms with E-state index in [0.29, 0.717) is 18.7 Å². The van der Waals surface area contributed by atoms with E-state index in [-0.39, 0.29) is 30.2 Å². The average Bonchev–Trinajstić information content (AvgIpc) is 2.73. The van der Waals surface area contributed by atoms with Crippen LogP contribution in [0.5, 0.6) is 5.75 Å². The predicted molar refractivity (Wildman–Crippen MR) is 111 cm³/mol. The van der Waals surface area contributed by atoms with Crippen molar-refractivity contribution in [2.75, 3.05) is 20.2 Å².